The Balaban J connectivity index is 1.82. The number of hydrogen-bond donors (Lipinski definition) is 0. The molecule has 26 heavy (non-hydrogen) atoms. The second kappa shape index (κ2) is 6.86. The van der Waals surface area contributed by atoms with Crippen LogP contribution in [0.5, 0.6) is 0 Å². The van der Waals surface area contributed by atoms with Crippen LogP contribution in [0.3, 0.4) is 0 Å². The molecule has 3 aromatic heterocycles. The number of hydrogen-bond acceptors (Lipinski definition) is 4. The topological polar surface area (TPSA) is 47.3 Å². The highest BCUT2D eigenvalue weighted by molar-refractivity contribution is 7.15. The molecule has 0 unspecified atom stereocenters. The van der Waals surface area contributed by atoms with Crippen molar-refractivity contribution in [3.05, 3.63) is 86.4 Å². The molecule has 0 amide bonds. The molecule has 0 bridgehead atoms. The summed E-state index contributed by atoms with van der Waals surface area (Å²) in [6.07, 6.45) is 7.26. The molecule has 0 aliphatic carbocycles. The van der Waals surface area contributed by atoms with Crippen LogP contribution in [0, 0.1) is 6.92 Å². The van der Waals surface area contributed by atoms with Crippen molar-refractivity contribution in [2.75, 3.05) is 0 Å². The normalized spacial score (nSPS) is 11.5. The fraction of sp³-hybridized carbons (Fsp3) is 0.0500. The summed E-state index contributed by atoms with van der Waals surface area (Å²) in [7, 11) is 0. The van der Waals surface area contributed by atoms with E-state index in [0.717, 1.165) is 16.8 Å². The third-order valence-corrected chi connectivity index (χ3v) is 5.17. The van der Waals surface area contributed by atoms with Gasteiger partial charge in [-0.3, -0.25) is 14.2 Å². The van der Waals surface area contributed by atoms with Crippen molar-refractivity contribution in [3.8, 4) is 11.3 Å². The van der Waals surface area contributed by atoms with E-state index in [2.05, 4.69) is 9.97 Å². The molecule has 0 saturated carbocycles. The Kier molecular flexibility index (Phi) is 4.41. The van der Waals surface area contributed by atoms with Crippen molar-refractivity contribution in [1.82, 2.24) is 14.4 Å². The molecule has 4 nitrogen and oxygen atoms in total. The van der Waals surface area contributed by atoms with Crippen molar-refractivity contribution in [2.45, 2.75) is 6.92 Å². The van der Waals surface area contributed by atoms with Crippen LogP contribution in [0.1, 0.15) is 16.8 Å². The van der Waals surface area contributed by atoms with E-state index in [1.807, 2.05) is 53.9 Å². The Morgan fingerprint density at radius 3 is 2.69 bits per heavy atom. The first kappa shape index (κ1) is 16.7. The standard InChI is InChI=1S/C20H14ClN3OS/c1-13-17(9-4-14-3-2-10-22-11-14)23-20-24(19(13)25)18(12-26-20)15-5-7-16(21)8-6-15/h2-12H,1H3. The second-order valence-corrected chi connectivity index (χ2v) is 7.07. The van der Waals surface area contributed by atoms with Gasteiger partial charge in [-0.2, -0.15) is 0 Å². The lowest BCUT2D eigenvalue weighted by Gasteiger charge is -2.05. The second-order valence-electron chi connectivity index (χ2n) is 5.79. The minimum atomic E-state index is -0.0629. The molecule has 3 heterocycles. The van der Waals surface area contributed by atoms with Gasteiger partial charge in [-0.05, 0) is 42.3 Å². The highest BCUT2D eigenvalue weighted by atomic mass is 35.5. The van der Waals surface area contributed by atoms with Gasteiger partial charge in [-0.15, -0.1) is 11.3 Å². The Morgan fingerprint density at radius 2 is 1.96 bits per heavy atom. The molecule has 0 fully saturated rings. The minimum absolute atomic E-state index is 0.0629. The van der Waals surface area contributed by atoms with Crippen LogP contribution < -0.4 is 5.56 Å². The number of thiazole rings is 1. The zero-order chi connectivity index (χ0) is 18.1. The largest absolute Gasteiger partial charge is 0.269 e. The zero-order valence-corrected chi connectivity index (χ0v) is 15.5. The average molecular weight is 380 g/mol. The number of fused-ring (bicyclic) bond motifs is 1. The Labute approximate surface area is 159 Å². The van der Waals surface area contributed by atoms with E-state index in [1.165, 1.54) is 11.3 Å². The van der Waals surface area contributed by atoms with Crippen molar-refractivity contribution < 1.29 is 0 Å². The summed E-state index contributed by atoms with van der Waals surface area (Å²) in [5.74, 6) is 0. The summed E-state index contributed by atoms with van der Waals surface area (Å²) in [6, 6.07) is 11.3. The number of aromatic nitrogens is 3. The Bertz CT molecular complexity index is 1160. The summed E-state index contributed by atoms with van der Waals surface area (Å²) in [5, 5.41) is 2.61. The van der Waals surface area contributed by atoms with Gasteiger partial charge >= 0.3 is 0 Å². The average Bonchev–Trinajstić information content (AvgIpc) is 3.09. The highest BCUT2D eigenvalue weighted by Crippen LogP contribution is 2.26. The Hall–Kier alpha value is -2.76. The third kappa shape index (κ3) is 3.07. The smallest absolute Gasteiger partial charge is 0.262 e. The van der Waals surface area contributed by atoms with Crippen molar-refractivity contribution in [3.63, 3.8) is 0 Å². The van der Waals surface area contributed by atoms with Crippen LogP contribution in [-0.4, -0.2) is 14.4 Å². The SMILES string of the molecule is Cc1c(C=Cc2cccnc2)nc2scc(-c3ccc(Cl)cc3)n2c1=O. The van der Waals surface area contributed by atoms with Gasteiger partial charge < -0.3 is 0 Å². The molecular weight excluding hydrogens is 366 g/mol. The number of benzene rings is 1. The molecule has 0 radical (unpaired) electrons. The maximum Gasteiger partial charge on any atom is 0.262 e. The summed E-state index contributed by atoms with van der Waals surface area (Å²) >= 11 is 7.41. The molecular formula is C20H14ClN3OS. The van der Waals surface area contributed by atoms with Gasteiger partial charge in [0.2, 0.25) is 0 Å². The lowest BCUT2D eigenvalue weighted by Crippen LogP contribution is -2.18. The van der Waals surface area contributed by atoms with E-state index in [4.69, 9.17) is 11.6 Å². The van der Waals surface area contributed by atoms with Gasteiger partial charge in [-0.25, -0.2) is 4.98 Å². The number of rotatable bonds is 3. The molecule has 0 N–H and O–H groups in total. The maximum absolute atomic E-state index is 12.9. The van der Waals surface area contributed by atoms with Gasteiger partial charge in [0.15, 0.2) is 4.96 Å². The first-order chi connectivity index (χ1) is 12.6. The van der Waals surface area contributed by atoms with Crippen molar-refractivity contribution in [2.24, 2.45) is 0 Å². The van der Waals surface area contributed by atoms with Crippen molar-refractivity contribution >= 4 is 40.1 Å². The van der Waals surface area contributed by atoms with Gasteiger partial charge in [0.1, 0.15) is 0 Å². The summed E-state index contributed by atoms with van der Waals surface area (Å²) < 4.78 is 1.66. The molecule has 0 saturated heterocycles. The monoisotopic (exact) mass is 379 g/mol. The fourth-order valence-electron chi connectivity index (χ4n) is 2.68. The molecule has 1 aromatic carbocycles. The van der Waals surface area contributed by atoms with Gasteiger partial charge in [0.25, 0.3) is 5.56 Å². The van der Waals surface area contributed by atoms with Gasteiger partial charge in [0.05, 0.1) is 11.4 Å². The van der Waals surface area contributed by atoms with Crippen LogP contribution in [0.25, 0.3) is 28.4 Å². The van der Waals surface area contributed by atoms with Crippen LogP contribution >= 0.6 is 22.9 Å². The van der Waals surface area contributed by atoms with Crippen LogP contribution in [0.4, 0.5) is 0 Å². The van der Waals surface area contributed by atoms with E-state index in [1.54, 1.807) is 23.7 Å². The molecule has 0 aliphatic rings. The fourth-order valence-corrected chi connectivity index (χ4v) is 3.71. The lowest BCUT2D eigenvalue weighted by atomic mass is 10.1. The summed E-state index contributed by atoms with van der Waals surface area (Å²) in [6.45, 7) is 1.80. The quantitative estimate of drug-likeness (QED) is 0.506. The van der Waals surface area contributed by atoms with E-state index < -0.39 is 0 Å². The number of nitrogens with zero attached hydrogens (tertiary/aromatic N) is 3. The van der Waals surface area contributed by atoms with Crippen LogP contribution in [-0.2, 0) is 0 Å². The first-order valence-electron chi connectivity index (χ1n) is 7.98. The van der Waals surface area contributed by atoms with Crippen molar-refractivity contribution in [1.29, 1.82) is 0 Å². The molecule has 0 aliphatic heterocycles. The first-order valence-corrected chi connectivity index (χ1v) is 9.24. The molecule has 0 atom stereocenters. The zero-order valence-electron chi connectivity index (χ0n) is 13.9. The van der Waals surface area contributed by atoms with E-state index in [0.29, 0.717) is 21.2 Å². The van der Waals surface area contributed by atoms with E-state index in [-0.39, 0.29) is 5.56 Å². The molecule has 0 spiro atoms. The van der Waals surface area contributed by atoms with Gasteiger partial charge in [-0.1, -0.05) is 35.9 Å². The Morgan fingerprint density at radius 1 is 1.15 bits per heavy atom. The predicted octanol–water partition coefficient (Wildman–Crippen LogP) is 4.95. The lowest BCUT2D eigenvalue weighted by molar-refractivity contribution is 1.04. The minimum Gasteiger partial charge on any atom is -0.269 e. The molecule has 128 valence electrons. The number of halogens is 1. The summed E-state index contributed by atoms with van der Waals surface area (Å²) in [4.78, 5) is 22.4. The molecule has 4 rings (SSSR count). The van der Waals surface area contributed by atoms with Gasteiger partial charge in [0, 0.05) is 28.4 Å². The van der Waals surface area contributed by atoms with Crippen LogP contribution in [0.15, 0.2) is 59.0 Å². The summed E-state index contributed by atoms with van der Waals surface area (Å²) in [5.41, 5.74) is 3.93. The van der Waals surface area contributed by atoms with E-state index >= 15 is 0 Å². The van der Waals surface area contributed by atoms with Crippen LogP contribution in [0.2, 0.25) is 5.02 Å². The molecule has 4 aromatic rings. The predicted molar refractivity (Wildman–Crippen MR) is 108 cm³/mol. The van der Waals surface area contributed by atoms with E-state index in [9.17, 15) is 4.79 Å². The molecule has 6 heteroatoms. The third-order valence-electron chi connectivity index (χ3n) is 4.09. The number of pyridine rings is 1. The maximum atomic E-state index is 12.9. The highest BCUT2D eigenvalue weighted by Gasteiger charge is 2.13.